The molecule has 0 spiro atoms. The first-order valence-corrected chi connectivity index (χ1v) is 11.0. The molecule has 0 N–H and O–H groups in total. The van der Waals surface area contributed by atoms with Crippen LogP contribution in [0.4, 0.5) is 11.4 Å². The molecule has 0 fully saturated rings. The molecule has 0 aromatic heterocycles. The minimum Gasteiger partial charge on any atom is -0.258 e. The standard InChI is InChI=1S/C26H20N2O4S/c1-17-13-15-21(27(29)30)23(19-9-5-3-6-10-19)25(17)33-26-18(2)14-16-22(28(31)32)24(26)20-11-7-4-8-12-20/h3-16H,1-2H3. The first-order chi connectivity index (χ1) is 15.9. The Hall–Kier alpha value is -3.97. The smallest absolute Gasteiger partial charge is 0.258 e. The zero-order valence-corrected chi connectivity index (χ0v) is 18.8. The molecule has 6 nitrogen and oxygen atoms in total. The number of nitro groups is 2. The summed E-state index contributed by atoms with van der Waals surface area (Å²) >= 11 is 1.34. The average Bonchev–Trinajstić information content (AvgIpc) is 2.81. The number of rotatable bonds is 6. The van der Waals surface area contributed by atoms with Crippen LogP contribution in [0.1, 0.15) is 11.1 Å². The Labute approximate surface area is 195 Å². The highest BCUT2D eigenvalue weighted by Gasteiger charge is 2.26. The number of hydrogen-bond acceptors (Lipinski definition) is 5. The third kappa shape index (κ3) is 4.36. The molecule has 0 atom stereocenters. The topological polar surface area (TPSA) is 86.3 Å². The van der Waals surface area contributed by atoms with Gasteiger partial charge in [0.15, 0.2) is 0 Å². The van der Waals surface area contributed by atoms with Crippen molar-refractivity contribution in [3.63, 3.8) is 0 Å². The molecule has 0 heterocycles. The summed E-state index contributed by atoms with van der Waals surface area (Å²) in [7, 11) is 0. The van der Waals surface area contributed by atoms with Crippen LogP contribution < -0.4 is 0 Å². The van der Waals surface area contributed by atoms with Crippen molar-refractivity contribution in [3.8, 4) is 22.3 Å². The van der Waals surface area contributed by atoms with Crippen LogP contribution in [-0.2, 0) is 0 Å². The lowest BCUT2D eigenvalue weighted by Crippen LogP contribution is -1.99. The second-order valence-electron chi connectivity index (χ2n) is 7.56. The van der Waals surface area contributed by atoms with Crippen molar-refractivity contribution in [2.45, 2.75) is 23.6 Å². The van der Waals surface area contributed by atoms with Gasteiger partial charge in [0.1, 0.15) is 0 Å². The zero-order valence-electron chi connectivity index (χ0n) is 18.0. The third-order valence-corrected chi connectivity index (χ3v) is 6.85. The van der Waals surface area contributed by atoms with Gasteiger partial charge in [-0.25, -0.2) is 0 Å². The quantitative estimate of drug-likeness (QED) is 0.220. The van der Waals surface area contributed by atoms with Gasteiger partial charge in [0.25, 0.3) is 11.4 Å². The van der Waals surface area contributed by atoms with E-state index in [2.05, 4.69) is 0 Å². The molecule has 0 unspecified atom stereocenters. The maximum Gasteiger partial charge on any atom is 0.278 e. The van der Waals surface area contributed by atoms with Crippen LogP contribution in [0, 0.1) is 34.1 Å². The van der Waals surface area contributed by atoms with Gasteiger partial charge in [-0.2, -0.15) is 0 Å². The van der Waals surface area contributed by atoms with E-state index in [-0.39, 0.29) is 21.2 Å². The number of nitrogens with zero attached hydrogens (tertiary/aromatic N) is 2. The van der Waals surface area contributed by atoms with Gasteiger partial charge in [-0.1, -0.05) is 84.6 Å². The summed E-state index contributed by atoms with van der Waals surface area (Å²) in [4.78, 5) is 24.5. The van der Waals surface area contributed by atoms with Crippen LogP contribution in [0.25, 0.3) is 22.3 Å². The summed E-state index contributed by atoms with van der Waals surface area (Å²) in [5.41, 5.74) is 4.17. The minimum atomic E-state index is -0.385. The van der Waals surface area contributed by atoms with Crippen molar-refractivity contribution in [1.29, 1.82) is 0 Å². The predicted octanol–water partition coefficient (Wildman–Crippen LogP) is 7.61. The maximum absolute atomic E-state index is 11.9. The lowest BCUT2D eigenvalue weighted by Gasteiger charge is -2.17. The lowest BCUT2D eigenvalue weighted by atomic mass is 10.0. The SMILES string of the molecule is Cc1ccc([N+](=O)[O-])c(-c2ccccc2)c1Sc1c(C)ccc([N+](=O)[O-])c1-c1ccccc1. The highest BCUT2D eigenvalue weighted by Crippen LogP contribution is 2.48. The molecule has 0 saturated carbocycles. The van der Waals surface area contributed by atoms with Gasteiger partial charge in [-0.15, -0.1) is 0 Å². The van der Waals surface area contributed by atoms with Crippen molar-refractivity contribution in [2.75, 3.05) is 0 Å². The fourth-order valence-corrected chi connectivity index (χ4v) is 5.10. The Morgan fingerprint density at radius 3 is 1.27 bits per heavy atom. The molecule has 0 radical (unpaired) electrons. The van der Waals surface area contributed by atoms with Crippen LogP contribution >= 0.6 is 11.8 Å². The molecule has 0 aliphatic carbocycles. The molecule has 0 bridgehead atoms. The van der Waals surface area contributed by atoms with Crippen LogP contribution in [0.5, 0.6) is 0 Å². The highest BCUT2D eigenvalue weighted by atomic mass is 32.2. The second-order valence-corrected chi connectivity index (χ2v) is 8.58. The van der Waals surface area contributed by atoms with Crippen molar-refractivity contribution in [3.05, 3.63) is 116 Å². The molecular formula is C26H20N2O4S. The predicted molar refractivity (Wildman–Crippen MR) is 131 cm³/mol. The van der Waals surface area contributed by atoms with Crippen molar-refractivity contribution in [1.82, 2.24) is 0 Å². The molecule has 0 aliphatic heterocycles. The molecule has 4 rings (SSSR count). The molecule has 7 heteroatoms. The Kier molecular flexibility index (Phi) is 6.24. The van der Waals surface area contributed by atoms with Crippen molar-refractivity contribution < 1.29 is 9.85 Å². The van der Waals surface area contributed by atoms with Gasteiger partial charge in [0.05, 0.1) is 21.0 Å². The average molecular weight is 457 g/mol. The Morgan fingerprint density at radius 1 is 0.576 bits per heavy atom. The summed E-state index contributed by atoms with van der Waals surface area (Å²) in [5.74, 6) is 0. The summed E-state index contributed by atoms with van der Waals surface area (Å²) in [6.45, 7) is 3.79. The van der Waals surface area contributed by atoms with Gasteiger partial charge >= 0.3 is 0 Å². The number of aryl methyl sites for hydroxylation is 2. The molecule has 4 aromatic rings. The first kappa shape index (κ1) is 22.2. The molecule has 0 aliphatic rings. The number of benzene rings is 4. The fourth-order valence-electron chi connectivity index (χ4n) is 3.79. The summed E-state index contributed by atoms with van der Waals surface area (Å²) in [6, 6.07) is 24.9. The molecule has 0 amide bonds. The molecular weight excluding hydrogens is 436 g/mol. The van der Waals surface area contributed by atoms with Crippen LogP contribution in [0.3, 0.4) is 0 Å². The van der Waals surface area contributed by atoms with E-state index in [4.69, 9.17) is 0 Å². The van der Waals surface area contributed by atoms with Crippen LogP contribution in [-0.4, -0.2) is 9.85 Å². The van der Waals surface area contributed by atoms with E-state index < -0.39 is 0 Å². The van der Waals surface area contributed by atoms with E-state index in [1.165, 1.54) is 23.9 Å². The van der Waals surface area contributed by atoms with Gasteiger partial charge in [-0.05, 0) is 36.1 Å². The maximum atomic E-state index is 11.9. The van der Waals surface area contributed by atoms with Crippen LogP contribution in [0.2, 0.25) is 0 Å². The Balaban J connectivity index is 2.02. The molecule has 0 saturated heterocycles. The molecule has 33 heavy (non-hydrogen) atoms. The van der Waals surface area contributed by atoms with E-state index in [0.717, 1.165) is 22.3 Å². The van der Waals surface area contributed by atoms with Crippen molar-refractivity contribution >= 4 is 23.1 Å². The highest BCUT2D eigenvalue weighted by molar-refractivity contribution is 7.99. The van der Waals surface area contributed by atoms with Gasteiger partial charge in [0.2, 0.25) is 0 Å². The molecule has 4 aromatic carbocycles. The largest absolute Gasteiger partial charge is 0.278 e. The monoisotopic (exact) mass is 456 g/mol. The van der Waals surface area contributed by atoms with Crippen molar-refractivity contribution in [2.24, 2.45) is 0 Å². The van der Waals surface area contributed by atoms with E-state index in [1.807, 2.05) is 74.5 Å². The van der Waals surface area contributed by atoms with Gasteiger partial charge in [-0.3, -0.25) is 20.2 Å². The summed E-state index contributed by atoms with van der Waals surface area (Å²) in [6.07, 6.45) is 0. The second kappa shape index (κ2) is 9.26. The molecule has 164 valence electrons. The van der Waals surface area contributed by atoms with Gasteiger partial charge < -0.3 is 0 Å². The van der Waals surface area contributed by atoms with Crippen LogP contribution in [0.15, 0.2) is 94.7 Å². The summed E-state index contributed by atoms with van der Waals surface area (Å²) in [5, 5.41) is 23.8. The number of nitro benzene ring substituents is 2. The first-order valence-electron chi connectivity index (χ1n) is 10.2. The van der Waals surface area contributed by atoms with E-state index >= 15 is 0 Å². The zero-order chi connectivity index (χ0) is 23.5. The number of hydrogen-bond donors (Lipinski definition) is 0. The van der Waals surface area contributed by atoms with E-state index in [1.54, 1.807) is 12.1 Å². The minimum absolute atomic E-state index is 0.00125. The Bertz CT molecular complexity index is 1250. The Morgan fingerprint density at radius 2 is 0.939 bits per heavy atom. The van der Waals surface area contributed by atoms with Gasteiger partial charge in [0, 0.05) is 21.9 Å². The normalized spacial score (nSPS) is 10.7. The van der Waals surface area contributed by atoms with E-state index in [9.17, 15) is 20.2 Å². The lowest BCUT2D eigenvalue weighted by molar-refractivity contribution is -0.384. The fraction of sp³-hybridized carbons (Fsp3) is 0.0769. The summed E-state index contributed by atoms with van der Waals surface area (Å²) < 4.78 is 0. The van der Waals surface area contributed by atoms with E-state index in [0.29, 0.717) is 20.9 Å². The third-order valence-electron chi connectivity index (χ3n) is 5.39.